The number of carbonyl (C=O) groups is 2. The highest BCUT2D eigenvalue weighted by Gasteiger charge is 2.31. The van der Waals surface area contributed by atoms with Gasteiger partial charge in [0.2, 0.25) is 5.91 Å². The molecule has 0 radical (unpaired) electrons. The van der Waals surface area contributed by atoms with Crippen molar-refractivity contribution in [2.45, 2.75) is 52.2 Å². The second kappa shape index (κ2) is 8.04. The summed E-state index contributed by atoms with van der Waals surface area (Å²) in [7, 11) is 1.62. The molecule has 0 atom stereocenters. The predicted molar refractivity (Wildman–Crippen MR) is 93.2 cm³/mol. The van der Waals surface area contributed by atoms with Gasteiger partial charge in [0.15, 0.2) is 0 Å². The van der Waals surface area contributed by atoms with Crippen LogP contribution in [0.1, 0.15) is 40.2 Å². The van der Waals surface area contributed by atoms with Crippen molar-refractivity contribution >= 4 is 12.0 Å². The number of methoxy groups -OCH3 is 1. The Bertz CT molecular complexity index is 559. The van der Waals surface area contributed by atoms with Gasteiger partial charge in [-0.05, 0) is 58.7 Å². The molecule has 1 rings (SSSR count). The van der Waals surface area contributed by atoms with E-state index in [0.29, 0.717) is 13.0 Å². The molecule has 2 N–H and O–H groups in total. The molecule has 1 aromatic rings. The Morgan fingerprint density at radius 2 is 1.62 bits per heavy atom. The van der Waals surface area contributed by atoms with Gasteiger partial charge in [0.05, 0.1) is 7.11 Å². The maximum atomic E-state index is 12.3. The fraction of sp³-hybridized carbons (Fsp3) is 0.556. The van der Waals surface area contributed by atoms with Crippen LogP contribution in [0.25, 0.3) is 0 Å². The second-order valence-electron chi connectivity index (χ2n) is 7.11. The van der Waals surface area contributed by atoms with Crippen LogP contribution in [0.5, 0.6) is 5.75 Å². The van der Waals surface area contributed by atoms with Crippen molar-refractivity contribution in [1.82, 2.24) is 10.6 Å². The molecule has 0 unspecified atom stereocenters. The van der Waals surface area contributed by atoms with Crippen molar-refractivity contribution < 1.29 is 19.1 Å². The molecule has 2 amide bonds. The summed E-state index contributed by atoms with van der Waals surface area (Å²) in [6.45, 7) is 9.07. The third-order valence-electron chi connectivity index (χ3n) is 3.24. The zero-order valence-electron chi connectivity index (χ0n) is 15.4. The number of amides is 2. The number of benzene rings is 1. The van der Waals surface area contributed by atoms with Crippen molar-refractivity contribution in [2.24, 2.45) is 0 Å². The molecular weight excluding hydrogens is 308 g/mol. The summed E-state index contributed by atoms with van der Waals surface area (Å²) in [5, 5.41) is 5.41. The molecule has 0 saturated heterocycles. The molecule has 0 saturated carbocycles. The lowest BCUT2D eigenvalue weighted by molar-refractivity contribution is -0.126. The maximum Gasteiger partial charge on any atom is 0.408 e. The highest BCUT2D eigenvalue weighted by atomic mass is 16.6. The summed E-state index contributed by atoms with van der Waals surface area (Å²) in [4.78, 5) is 24.1. The normalized spacial score (nSPS) is 11.6. The van der Waals surface area contributed by atoms with Gasteiger partial charge in [0.25, 0.3) is 0 Å². The van der Waals surface area contributed by atoms with E-state index in [-0.39, 0.29) is 5.91 Å². The number of nitrogens with one attached hydrogen (secondary N) is 2. The average Bonchev–Trinajstić information content (AvgIpc) is 2.45. The van der Waals surface area contributed by atoms with Crippen LogP contribution in [0.15, 0.2) is 24.3 Å². The second-order valence-corrected chi connectivity index (χ2v) is 7.11. The minimum Gasteiger partial charge on any atom is -0.497 e. The van der Waals surface area contributed by atoms with Crippen LogP contribution in [-0.4, -0.2) is 36.8 Å². The van der Waals surface area contributed by atoms with E-state index < -0.39 is 17.2 Å². The molecule has 0 fully saturated rings. The van der Waals surface area contributed by atoms with Crippen LogP contribution >= 0.6 is 0 Å². The van der Waals surface area contributed by atoms with Crippen molar-refractivity contribution in [2.75, 3.05) is 13.7 Å². The first kappa shape index (κ1) is 19.8. The van der Waals surface area contributed by atoms with E-state index in [2.05, 4.69) is 10.6 Å². The molecule has 0 aromatic heterocycles. The molecule has 134 valence electrons. The largest absolute Gasteiger partial charge is 0.497 e. The Labute approximate surface area is 143 Å². The van der Waals surface area contributed by atoms with Gasteiger partial charge in [0, 0.05) is 6.54 Å². The molecule has 0 spiro atoms. The van der Waals surface area contributed by atoms with Gasteiger partial charge < -0.3 is 20.1 Å². The SMILES string of the molecule is COc1ccc(CCNC(=O)C(C)(C)NC(=O)OC(C)(C)C)cc1. The summed E-state index contributed by atoms with van der Waals surface area (Å²) in [6.07, 6.45) is 0.0796. The molecule has 0 bridgehead atoms. The van der Waals surface area contributed by atoms with Crippen LogP contribution in [0.4, 0.5) is 4.79 Å². The number of hydrogen-bond donors (Lipinski definition) is 2. The van der Waals surface area contributed by atoms with E-state index in [0.717, 1.165) is 11.3 Å². The Balaban J connectivity index is 2.45. The number of ether oxygens (including phenoxy) is 2. The van der Waals surface area contributed by atoms with Crippen molar-refractivity contribution in [3.63, 3.8) is 0 Å². The highest BCUT2D eigenvalue weighted by Crippen LogP contribution is 2.12. The van der Waals surface area contributed by atoms with E-state index in [9.17, 15) is 9.59 Å². The van der Waals surface area contributed by atoms with Gasteiger partial charge in [-0.2, -0.15) is 0 Å². The number of alkyl carbamates (subject to hydrolysis) is 1. The van der Waals surface area contributed by atoms with E-state index in [1.54, 1.807) is 41.7 Å². The first-order chi connectivity index (χ1) is 11.0. The number of hydrogen-bond acceptors (Lipinski definition) is 4. The quantitative estimate of drug-likeness (QED) is 0.837. The van der Waals surface area contributed by atoms with Gasteiger partial charge in [-0.1, -0.05) is 12.1 Å². The predicted octanol–water partition coefficient (Wildman–Crippen LogP) is 2.66. The smallest absolute Gasteiger partial charge is 0.408 e. The summed E-state index contributed by atoms with van der Waals surface area (Å²) in [6, 6.07) is 7.67. The fourth-order valence-electron chi connectivity index (χ4n) is 1.95. The average molecular weight is 336 g/mol. The maximum absolute atomic E-state index is 12.3. The summed E-state index contributed by atoms with van der Waals surface area (Å²) < 4.78 is 10.3. The molecule has 24 heavy (non-hydrogen) atoms. The van der Waals surface area contributed by atoms with Crippen LogP contribution in [0.2, 0.25) is 0 Å². The fourth-order valence-corrected chi connectivity index (χ4v) is 1.95. The molecule has 0 heterocycles. The molecular formula is C18H28N2O4. The minimum absolute atomic E-state index is 0.262. The Kier molecular flexibility index (Phi) is 6.63. The molecule has 0 aliphatic carbocycles. The third-order valence-corrected chi connectivity index (χ3v) is 3.24. The lowest BCUT2D eigenvalue weighted by atomic mass is 10.0. The summed E-state index contributed by atoms with van der Waals surface area (Å²) >= 11 is 0. The van der Waals surface area contributed by atoms with Crippen molar-refractivity contribution in [3.8, 4) is 5.75 Å². The lowest BCUT2D eigenvalue weighted by Crippen LogP contribution is -2.55. The first-order valence-corrected chi connectivity index (χ1v) is 7.96. The molecule has 1 aromatic carbocycles. The van der Waals surface area contributed by atoms with Gasteiger partial charge in [-0.25, -0.2) is 4.79 Å². The van der Waals surface area contributed by atoms with Crippen molar-refractivity contribution in [1.29, 1.82) is 0 Å². The monoisotopic (exact) mass is 336 g/mol. The Hall–Kier alpha value is -2.24. The Morgan fingerprint density at radius 3 is 2.12 bits per heavy atom. The van der Waals surface area contributed by atoms with E-state index in [1.165, 1.54) is 0 Å². The topological polar surface area (TPSA) is 76.7 Å². The van der Waals surface area contributed by atoms with Gasteiger partial charge in [-0.3, -0.25) is 4.79 Å². The van der Waals surface area contributed by atoms with Crippen LogP contribution < -0.4 is 15.4 Å². The standard InChI is InChI=1S/C18H28N2O4/c1-17(2,3)24-16(22)20-18(4,5)15(21)19-12-11-13-7-9-14(23-6)10-8-13/h7-10H,11-12H2,1-6H3,(H,19,21)(H,20,22). The molecule has 0 aliphatic rings. The molecule has 6 heteroatoms. The van der Waals surface area contributed by atoms with Gasteiger partial charge in [0.1, 0.15) is 16.9 Å². The first-order valence-electron chi connectivity index (χ1n) is 7.96. The number of rotatable bonds is 6. The van der Waals surface area contributed by atoms with Crippen LogP contribution in [-0.2, 0) is 16.0 Å². The minimum atomic E-state index is -1.05. The summed E-state index contributed by atoms with van der Waals surface area (Å²) in [5.74, 6) is 0.535. The van der Waals surface area contributed by atoms with Crippen molar-refractivity contribution in [3.05, 3.63) is 29.8 Å². The van der Waals surface area contributed by atoms with E-state index in [4.69, 9.17) is 9.47 Å². The molecule has 0 aliphatic heterocycles. The van der Waals surface area contributed by atoms with E-state index in [1.807, 2.05) is 24.3 Å². The molecule has 6 nitrogen and oxygen atoms in total. The highest BCUT2D eigenvalue weighted by molar-refractivity contribution is 5.89. The van der Waals surface area contributed by atoms with Crippen LogP contribution in [0.3, 0.4) is 0 Å². The zero-order chi connectivity index (χ0) is 18.4. The lowest BCUT2D eigenvalue weighted by Gasteiger charge is -2.27. The van der Waals surface area contributed by atoms with Gasteiger partial charge >= 0.3 is 6.09 Å². The third kappa shape index (κ3) is 6.89. The Morgan fingerprint density at radius 1 is 1.04 bits per heavy atom. The van der Waals surface area contributed by atoms with Crippen LogP contribution in [0, 0.1) is 0 Å². The number of carbonyl (C=O) groups excluding carboxylic acids is 2. The van der Waals surface area contributed by atoms with E-state index >= 15 is 0 Å². The summed E-state index contributed by atoms with van der Waals surface area (Å²) in [5.41, 5.74) is -0.568. The zero-order valence-corrected chi connectivity index (χ0v) is 15.4. The van der Waals surface area contributed by atoms with Gasteiger partial charge in [-0.15, -0.1) is 0 Å².